The number of carbonyl (C=O) groups is 5. The van der Waals surface area contributed by atoms with Gasteiger partial charge in [0.15, 0.2) is 5.78 Å². The number of ether oxygens (including phenoxy) is 4. The second kappa shape index (κ2) is 21.3. The number of carbonyl (C=O) groups excluding carboxylic acids is 5. The van der Waals surface area contributed by atoms with E-state index in [2.05, 4.69) is 19.7 Å². The molecule has 0 aliphatic heterocycles. The van der Waals surface area contributed by atoms with Crippen molar-refractivity contribution in [3.8, 4) is 0 Å². The van der Waals surface area contributed by atoms with Gasteiger partial charge in [-0.05, 0) is 31.8 Å². The SMILES string of the molecule is C=CC(=O)CCCOC(=O)CCC.C=CC(=O)OCC(CC)(COC(=O)C=C)COC(=O)CCC. The minimum absolute atomic E-state index is 0.00280. The minimum atomic E-state index is -0.791. The van der Waals surface area contributed by atoms with Gasteiger partial charge in [-0.15, -0.1) is 0 Å². The van der Waals surface area contributed by atoms with Gasteiger partial charge in [-0.1, -0.05) is 40.5 Å². The van der Waals surface area contributed by atoms with Crippen LogP contribution in [0.4, 0.5) is 0 Å². The van der Waals surface area contributed by atoms with Gasteiger partial charge in [-0.25, -0.2) is 9.59 Å². The monoisotopic (exact) mass is 496 g/mol. The van der Waals surface area contributed by atoms with E-state index >= 15 is 0 Å². The molecule has 0 rings (SSSR count). The van der Waals surface area contributed by atoms with Crippen LogP contribution in [0.3, 0.4) is 0 Å². The predicted octanol–water partition coefficient (Wildman–Crippen LogP) is 4.05. The number of allylic oxidation sites excluding steroid dienone is 1. The van der Waals surface area contributed by atoms with Gasteiger partial charge in [0, 0.05) is 31.4 Å². The fourth-order valence-corrected chi connectivity index (χ4v) is 2.32. The summed E-state index contributed by atoms with van der Waals surface area (Å²) in [5.41, 5.74) is -0.791. The average molecular weight is 497 g/mol. The van der Waals surface area contributed by atoms with Crippen molar-refractivity contribution in [3.05, 3.63) is 38.0 Å². The first-order chi connectivity index (χ1) is 16.6. The molecule has 0 atom stereocenters. The maximum atomic E-state index is 11.5. The molecule has 0 aromatic rings. The first kappa shape index (κ1) is 33.9. The number of rotatable bonds is 18. The molecule has 0 aromatic heterocycles. The second-order valence-corrected chi connectivity index (χ2v) is 7.63. The molecule has 9 nitrogen and oxygen atoms in total. The average Bonchev–Trinajstić information content (AvgIpc) is 2.86. The summed E-state index contributed by atoms with van der Waals surface area (Å²) in [6, 6.07) is 0. The summed E-state index contributed by atoms with van der Waals surface area (Å²) in [5.74, 6) is -1.72. The molecule has 0 saturated carbocycles. The van der Waals surface area contributed by atoms with Gasteiger partial charge in [-0.3, -0.25) is 14.4 Å². The molecule has 0 amide bonds. The molecule has 0 aliphatic rings. The van der Waals surface area contributed by atoms with Crippen LogP contribution < -0.4 is 0 Å². The minimum Gasteiger partial charge on any atom is -0.466 e. The summed E-state index contributed by atoms with van der Waals surface area (Å²) in [5, 5.41) is 0. The number of esters is 4. The van der Waals surface area contributed by atoms with Crippen molar-refractivity contribution in [2.45, 2.75) is 65.7 Å². The lowest BCUT2D eigenvalue weighted by atomic mass is 9.88. The van der Waals surface area contributed by atoms with Crippen molar-refractivity contribution < 1.29 is 42.9 Å². The molecule has 0 saturated heterocycles. The van der Waals surface area contributed by atoms with Gasteiger partial charge >= 0.3 is 23.9 Å². The van der Waals surface area contributed by atoms with Crippen LogP contribution in [0, 0.1) is 5.41 Å². The van der Waals surface area contributed by atoms with Crippen LogP contribution in [0.15, 0.2) is 38.0 Å². The Hall–Kier alpha value is -3.23. The molecule has 0 unspecified atom stereocenters. The third-order valence-corrected chi connectivity index (χ3v) is 4.63. The summed E-state index contributed by atoms with van der Waals surface area (Å²) in [6.45, 7) is 15.8. The Bertz CT molecular complexity index is 686. The van der Waals surface area contributed by atoms with Gasteiger partial charge in [0.05, 0.1) is 12.0 Å². The molecule has 0 fully saturated rings. The zero-order valence-electron chi connectivity index (χ0n) is 21.3. The fourth-order valence-electron chi connectivity index (χ4n) is 2.32. The van der Waals surface area contributed by atoms with Crippen molar-refractivity contribution in [1.29, 1.82) is 0 Å². The van der Waals surface area contributed by atoms with Gasteiger partial charge in [0.1, 0.15) is 19.8 Å². The summed E-state index contributed by atoms with van der Waals surface area (Å²) in [4.78, 5) is 55.6. The topological polar surface area (TPSA) is 122 Å². The van der Waals surface area contributed by atoms with Crippen LogP contribution in [-0.2, 0) is 42.9 Å². The third-order valence-electron chi connectivity index (χ3n) is 4.63. The highest BCUT2D eigenvalue weighted by Gasteiger charge is 2.33. The Morgan fingerprint density at radius 1 is 0.657 bits per heavy atom. The van der Waals surface area contributed by atoms with Crippen LogP contribution in [0.5, 0.6) is 0 Å². The van der Waals surface area contributed by atoms with E-state index in [9.17, 15) is 24.0 Å². The molecule has 9 heteroatoms. The van der Waals surface area contributed by atoms with E-state index in [0.717, 1.165) is 18.6 Å². The largest absolute Gasteiger partial charge is 0.466 e. The van der Waals surface area contributed by atoms with E-state index in [1.165, 1.54) is 6.08 Å². The van der Waals surface area contributed by atoms with E-state index in [1.807, 2.05) is 20.8 Å². The van der Waals surface area contributed by atoms with Crippen LogP contribution in [0.1, 0.15) is 65.7 Å². The van der Waals surface area contributed by atoms with E-state index < -0.39 is 17.4 Å². The molecular formula is C26H40O9. The fraction of sp³-hybridized carbons (Fsp3) is 0.577. The molecule has 198 valence electrons. The zero-order chi connectivity index (χ0) is 27.1. The van der Waals surface area contributed by atoms with Gasteiger partial charge in [0.2, 0.25) is 0 Å². The quantitative estimate of drug-likeness (QED) is 0.120. The first-order valence-electron chi connectivity index (χ1n) is 11.7. The van der Waals surface area contributed by atoms with E-state index in [4.69, 9.17) is 18.9 Å². The lowest BCUT2D eigenvalue weighted by molar-refractivity contribution is -0.158. The zero-order valence-corrected chi connectivity index (χ0v) is 21.3. The summed E-state index contributed by atoms with van der Waals surface area (Å²) in [7, 11) is 0. The standard InChI is InChI=1S/C16H24O6.C10H16O3/c1-5-9-15(19)22-12-16(8-4,10-20-13(17)6-2)11-21-14(18)7-3;1-3-6-10(12)13-8-5-7-9(11)4-2/h6-7H,2-3,5,8-12H2,1,4H3;4H,2-3,5-8H2,1H3. The van der Waals surface area contributed by atoms with E-state index in [0.29, 0.717) is 45.1 Å². The van der Waals surface area contributed by atoms with E-state index in [1.54, 1.807) is 0 Å². The molecule has 0 spiro atoms. The lowest BCUT2D eigenvalue weighted by Gasteiger charge is -2.30. The Morgan fingerprint density at radius 2 is 1.11 bits per heavy atom. The van der Waals surface area contributed by atoms with Gasteiger partial charge < -0.3 is 18.9 Å². The van der Waals surface area contributed by atoms with Gasteiger partial charge in [-0.2, -0.15) is 0 Å². The highest BCUT2D eigenvalue weighted by molar-refractivity contribution is 5.88. The Labute approximate surface area is 208 Å². The smallest absolute Gasteiger partial charge is 0.330 e. The van der Waals surface area contributed by atoms with Crippen LogP contribution in [-0.4, -0.2) is 56.1 Å². The normalized spacial score (nSPS) is 10.0. The molecule has 0 heterocycles. The second-order valence-electron chi connectivity index (χ2n) is 7.63. The van der Waals surface area contributed by atoms with Crippen molar-refractivity contribution in [1.82, 2.24) is 0 Å². The first-order valence-corrected chi connectivity index (χ1v) is 11.7. The third kappa shape index (κ3) is 18.8. The summed E-state index contributed by atoms with van der Waals surface area (Å²) >= 11 is 0. The molecule has 35 heavy (non-hydrogen) atoms. The van der Waals surface area contributed by atoms with Crippen molar-refractivity contribution >= 4 is 29.7 Å². The number of hydrogen-bond donors (Lipinski definition) is 0. The van der Waals surface area contributed by atoms with Crippen LogP contribution in [0.25, 0.3) is 0 Å². The number of hydrogen-bond acceptors (Lipinski definition) is 9. The Kier molecular flexibility index (Phi) is 20.7. The predicted molar refractivity (Wildman–Crippen MR) is 131 cm³/mol. The highest BCUT2D eigenvalue weighted by Crippen LogP contribution is 2.24. The van der Waals surface area contributed by atoms with Crippen molar-refractivity contribution in [2.75, 3.05) is 26.4 Å². The lowest BCUT2D eigenvalue weighted by Crippen LogP contribution is -2.38. The number of ketones is 1. The maximum absolute atomic E-state index is 11.5. The highest BCUT2D eigenvalue weighted by atomic mass is 16.6. The van der Waals surface area contributed by atoms with Crippen molar-refractivity contribution in [2.24, 2.45) is 5.41 Å². The molecule has 0 aliphatic carbocycles. The molecule has 0 N–H and O–H groups in total. The molecule has 0 aromatic carbocycles. The maximum Gasteiger partial charge on any atom is 0.330 e. The van der Waals surface area contributed by atoms with E-state index in [-0.39, 0.29) is 37.5 Å². The molecular weight excluding hydrogens is 456 g/mol. The van der Waals surface area contributed by atoms with Crippen molar-refractivity contribution in [3.63, 3.8) is 0 Å². The van der Waals surface area contributed by atoms with Crippen LogP contribution >= 0.6 is 0 Å². The Balaban J connectivity index is 0. The molecule has 0 radical (unpaired) electrons. The van der Waals surface area contributed by atoms with Crippen LogP contribution in [0.2, 0.25) is 0 Å². The molecule has 0 bridgehead atoms. The Morgan fingerprint density at radius 3 is 1.51 bits per heavy atom. The van der Waals surface area contributed by atoms with Gasteiger partial charge in [0.25, 0.3) is 0 Å². The summed E-state index contributed by atoms with van der Waals surface area (Å²) < 4.78 is 20.1. The summed E-state index contributed by atoms with van der Waals surface area (Å²) in [6.07, 6.45) is 7.07.